The molecule has 3 nitrogen and oxygen atoms in total. The van der Waals surface area contributed by atoms with Crippen molar-refractivity contribution < 1.29 is 4.74 Å². The van der Waals surface area contributed by atoms with Crippen LogP contribution in [0, 0.1) is 0 Å². The van der Waals surface area contributed by atoms with Crippen molar-refractivity contribution in [3.8, 4) is 17.0 Å². The first-order valence-corrected chi connectivity index (χ1v) is 5.13. The van der Waals surface area contributed by atoms with E-state index in [0.717, 1.165) is 22.6 Å². The highest BCUT2D eigenvalue weighted by atomic mass is 16.5. The Kier molecular flexibility index (Phi) is 3.17. The molecule has 0 aliphatic carbocycles. The quantitative estimate of drug-likeness (QED) is 0.852. The average Bonchev–Trinajstić information content (AvgIpc) is 2.39. The second kappa shape index (κ2) is 4.77. The minimum atomic E-state index is 0.462. The van der Waals surface area contributed by atoms with E-state index < -0.39 is 0 Å². The maximum absolute atomic E-state index is 5.67. The van der Waals surface area contributed by atoms with Gasteiger partial charge in [-0.2, -0.15) is 0 Å². The zero-order chi connectivity index (χ0) is 11.4. The summed E-state index contributed by atoms with van der Waals surface area (Å²) in [5.74, 6) is 0.821. The molecule has 1 aromatic heterocycles. The second-order valence-corrected chi connectivity index (χ2v) is 3.45. The molecule has 0 spiro atoms. The van der Waals surface area contributed by atoms with Gasteiger partial charge in [-0.25, -0.2) is 0 Å². The molecular formula is C13H14N2O. The van der Waals surface area contributed by atoms with E-state index in [4.69, 9.17) is 10.5 Å². The van der Waals surface area contributed by atoms with E-state index in [1.165, 1.54) is 0 Å². The van der Waals surface area contributed by atoms with Crippen molar-refractivity contribution in [1.82, 2.24) is 4.98 Å². The van der Waals surface area contributed by atoms with Crippen LogP contribution >= 0.6 is 0 Å². The fourth-order valence-corrected chi connectivity index (χ4v) is 1.63. The van der Waals surface area contributed by atoms with Crippen molar-refractivity contribution in [1.29, 1.82) is 0 Å². The molecule has 1 aromatic carbocycles. The van der Waals surface area contributed by atoms with Crippen LogP contribution in [0.2, 0.25) is 0 Å². The molecule has 0 aliphatic heterocycles. The summed E-state index contributed by atoms with van der Waals surface area (Å²) in [5.41, 5.74) is 8.67. The molecule has 82 valence electrons. The van der Waals surface area contributed by atoms with Crippen LogP contribution in [-0.4, -0.2) is 12.1 Å². The van der Waals surface area contributed by atoms with E-state index in [9.17, 15) is 0 Å². The van der Waals surface area contributed by atoms with E-state index in [2.05, 4.69) is 4.98 Å². The Bertz CT molecular complexity index is 469. The lowest BCUT2D eigenvalue weighted by Gasteiger charge is -2.08. The molecule has 2 rings (SSSR count). The molecule has 0 atom stereocenters. The van der Waals surface area contributed by atoms with Crippen LogP contribution in [0.1, 0.15) is 5.56 Å². The van der Waals surface area contributed by atoms with E-state index >= 15 is 0 Å². The SMILES string of the molecule is COc1ccc(-c2ccccn2)cc1CN. The molecule has 1 heterocycles. The standard InChI is InChI=1S/C13H14N2O/c1-16-13-6-5-10(8-11(13)9-14)12-4-2-3-7-15-12/h2-8H,9,14H2,1H3. The van der Waals surface area contributed by atoms with Crippen LogP contribution in [0.5, 0.6) is 5.75 Å². The second-order valence-electron chi connectivity index (χ2n) is 3.45. The van der Waals surface area contributed by atoms with Gasteiger partial charge >= 0.3 is 0 Å². The number of pyridine rings is 1. The number of benzene rings is 1. The Morgan fingerprint density at radius 2 is 2.12 bits per heavy atom. The van der Waals surface area contributed by atoms with Crippen molar-refractivity contribution in [2.24, 2.45) is 5.73 Å². The third-order valence-corrected chi connectivity index (χ3v) is 2.46. The molecule has 0 fully saturated rings. The Morgan fingerprint density at radius 1 is 1.25 bits per heavy atom. The predicted octanol–water partition coefficient (Wildman–Crippen LogP) is 2.22. The van der Waals surface area contributed by atoms with Gasteiger partial charge in [0.2, 0.25) is 0 Å². The molecule has 0 aliphatic rings. The molecule has 0 unspecified atom stereocenters. The van der Waals surface area contributed by atoms with Crippen molar-refractivity contribution in [3.05, 3.63) is 48.2 Å². The largest absolute Gasteiger partial charge is 0.496 e. The van der Waals surface area contributed by atoms with Crippen LogP contribution in [0.15, 0.2) is 42.6 Å². The number of aromatic nitrogens is 1. The highest BCUT2D eigenvalue weighted by molar-refractivity contribution is 5.61. The zero-order valence-corrected chi connectivity index (χ0v) is 9.18. The van der Waals surface area contributed by atoms with Crippen LogP contribution < -0.4 is 10.5 Å². The molecule has 0 amide bonds. The number of hydrogen-bond acceptors (Lipinski definition) is 3. The van der Waals surface area contributed by atoms with Crippen LogP contribution in [0.4, 0.5) is 0 Å². The zero-order valence-electron chi connectivity index (χ0n) is 9.18. The smallest absolute Gasteiger partial charge is 0.123 e. The van der Waals surface area contributed by atoms with Gasteiger partial charge in [-0.15, -0.1) is 0 Å². The van der Waals surface area contributed by atoms with Crippen molar-refractivity contribution in [2.75, 3.05) is 7.11 Å². The summed E-state index contributed by atoms with van der Waals surface area (Å²) in [4.78, 5) is 4.30. The van der Waals surface area contributed by atoms with Crippen LogP contribution in [0.3, 0.4) is 0 Å². The Balaban J connectivity index is 2.44. The maximum atomic E-state index is 5.67. The van der Waals surface area contributed by atoms with Crippen molar-refractivity contribution >= 4 is 0 Å². The summed E-state index contributed by atoms with van der Waals surface area (Å²) >= 11 is 0. The summed E-state index contributed by atoms with van der Waals surface area (Å²) in [7, 11) is 1.65. The first kappa shape index (κ1) is 10.6. The summed E-state index contributed by atoms with van der Waals surface area (Å²) in [6.07, 6.45) is 1.78. The molecule has 0 saturated heterocycles. The molecule has 0 bridgehead atoms. The van der Waals surface area contributed by atoms with E-state index in [-0.39, 0.29) is 0 Å². The Hall–Kier alpha value is -1.87. The van der Waals surface area contributed by atoms with Crippen molar-refractivity contribution in [2.45, 2.75) is 6.54 Å². The number of nitrogens with two attached hydrogens (primary N) is 1. The predicted molar refractivity (Wildman–Crippen MR) is 64.1 cm³/mol. The number of nitrogens with zero attached hydrogens (tertiary/aromatic N) is 1. The van der Waals surface area contributed by atoms with Gasteiger partial charge in [-0.1, -0.05) is 6.07 Å². The van der Waals surface area contributed by atoms with Gasteiger partial charge in [-0.3, -0.25) is 4.98 Å². The third kappa shape index (κ3) is 2.04. The van der Waals surface area contributed by atoms with Crippen molar-refractivity contribution in [3.63, 3.8) is 0 Å². The molecule has 2 aromatic rings. The number of methoxy groups -OCH3 is 1. The van der Waals surface area contributed by atoms with E-state index in [1.54, 1.807) is 13.3 Å². The normalized spacial score (nSPS) is 10.1. The first-order valence-electron chi connectivity index (χ1n) is 5.13. The Labute approximate surface area is 94.9 Å². The Morgan fingerprint density at radius 3 is 2.75 bits per heavy atom. The first-order chi connectivity index (χ1) is 7.85. The van der Waals surface area contributed by atoms with Crippen LogP contribution in [-0.2, 0) is 6.54 Å². The topological polar surface area (TPSA) is 48.1 Å². The number of hydrogen-bond donors (Lipinski definition) is 1. The maximum Gasteiger partial charge on any atom is 0.123 e. The molecule has 0 radical (unpaired) electrons. The average molecular weight is 214 g/mol. The lowest BCUT2D eigenvalue weighted by Crippen LogP contribution is -2.00. The lowest BCUT2D eigenvalue weighted by atomic mass is 10.1. The number of rotatable bonds is 3. The highest BCUT2D eigenvalue weighted by Crippen LogP contribution is 2.24. The fraction of sp³-hybridized carbons (Fsp3) is 0.154. The summed E-state index contributed by atoms with van der Waals surface area (Å²) in [6.45, 7) is 0.462. The highest BCUT2D eigenvalue weighted by Gasteiger charge is 2.04. The van der Waals surface area contributed by atoms with Gasteiger partial charge in [0.15, 0.2) is 0 Å². The minimum Gasteiger partial charge on any atom is -0.496 e. The van der Waals surface area contributed by atoms with E-state index in [0.29, 0.717) is 6.54 Å². The van der Waals surface area contributed by atoms with Crippen LogP contribution in [0.25, 0.3) is 11.3 Å². The fourth-order valence-electron chi connectivity index (χ4n) is 1.63. The molecule has 16 heavy (non-hydrogen) atoms. The number of ether oxygens (including phenoxy) is 1. The summed E-state index contributed by atoms with van der Waals surface area (Å²) in [5, 5.41) is 0. The molecular weight excluding hydrogens is 200 g/mol. The lowest BCUT2D eigenvalue weighted by molar-refractivity contribution is 0.410. The van der Waals surface area contributed by atoms with Gasteiger partial charge in [0, 0.05) is 23.9 Å². The molecule has 2 N–H and O–H groups in total. The van der Waals surface area contributed by atoms with E-state index in [1.807, 2.05) is 36.4 Å². The van der Waals surface area contributed by atoms with Gasteiger partial charge < -0.3 is 10.5 Å². The third-order valence-electron chi connectivity index (χ3n) is 2.46. The summed E-state index contributed by atoms with van der Waals surface area (Å²) in [6, 6.07) is 11.8. The van der Waals surface area contributed by atoms with Gasteiger partial charge in [0.05, 0.1) is 12.8 Å². The van der Waals surface area contributed by atoms with Gasteiger partial charge in [0.25, 0.3) is 0 Å². The van der Waals surface area contributed by atoms with Gasteiger partial charge in [-0.05, 0) is 30.3 Å². The summed E-state index contributed by atoms with van der Waals surface area (Å²) < 4.78 is 5.23. The molecule has 3 heteroatoms. The minimum absolute atomic E-state index is 0.462. The molecule has 0 saturated carbocycles. The monoisotopic (exact) mass is 214 g/mol. The van der Waals surface area contributed by atoms with Gasteiger partial charge in [0.1, 0.15) is 5.75 Å².